The molecule has 2 amide bonds. The Labute approximate surface area is 131 Å². The Morgan fingerprint density at radius 1 is 1.36 bits per heavy atom. The zero-order chi connectivity index (χ0) is 16.3. The Balaban J connectivity index is 2.27. The highest BCUT2D eigenvalue weighted by Gasteiger charge is 2.41. The number of anilines is 1. The van der Waals surface area contributed by atoms with Crippen molar-refractivity contribution in [2.75, 3.05) is 24.9 Å². The fourth-order valence-corrected chi connectivity index (χ4v) is 2.98. The number of aliphatic carboxylic acids is 1. The van der Waals surface area contributed by atoms with Crippen LogP contribution in [0, 0.1) is 0 Å². The second kappa shape index (κ2) is 6.69. The number of ether oxygens (including phenoxy) is 2. The summed E-state index contributed by atoms with van der Waals surface area (Å²) in [6.07, 6.45) is -0.0219. The highest BCUT2D eigenvalue weighted by molar-refractivity contribution is 8.01. The minimum Gasteiger partial charge on any atom is -0.497 e. The summed E-state index contributed by atoms with van der Waals surface area (Å²) in [5, 5.41) is 8.00. The topological polar surface area (TPSA) is 93.1 Å². The zero-order valence-electron chi connectivity index (χ0n) is 12.1. The van der Waals surface area contributed by atoms with Crippen molar-refractivity contribution < 1.29 is 29.0 Å². The predicted molar refractivity (Wildman–Crippen MR) is 80.5 cm³/mol. The molecule has 0 aromatic heterocycles. The summed E-state index contributed by atoms with van der Waals surface area (Å²) in [5.41, 5.74) is 0.330. The Hall–Kier alpha value is -2.22. The number of carboxylic acids is 1. The number of carboxylic acid groups (broad SMARTS) is 1. The van der Waals surface area contributed by atoms with Gasteiger partial charge in [-0.3, -0.25) is 14.4 Å². The van der Waals surface area contributed by atoms with Crippen LogP contribution in [0.3, 0.4) is 0 Å². The number of hydrogen-bond acceptors (Lipinski definition) is 6. The summed E-state index contributed by atoms with van der Waals surface area (Å²) in [5.74, 6) is -1.18. The van der Waals surface area contributed by atoms with Gasteiger partial charge in [0.1, 0.15) is 11.5 Å². The van der Waals surface area contributed by atoms with Crippen LogP contribution in [-0.2, 0) is 14.4 Å². The number of thioether (sulfide) groups is 1. The largest absolute Gasteiger partial charge is 0.497 e. The first kappa shape index (κ1) is 16.2. The van der Waals surface area contributed by atoms with Gasteiger partial charge in [-0.2, -0.15) is 0 Å². The van der Waals surface area contributed by atoms with E-state index >= 15 is 0 Å². The average Bonchev–Trinajstić information content (AvgIpc) is 2.78. The van der Waals surface area contributed by atoms with Crippen LogP contribution in [0.2, 0.25) is 0 Å². The minimum atomic E-state index is -1.02. The first-order valence-electron chi connectivity index (χ1n) is 6.40. The van der Waals surface area contributed by atoms with Crippen LogP contribution in [0.15, 0.2) is 18.2 Å². The van der Waals surface area contributed by atoms with Gasteiger partial charge in [-0.25, -0.2) is 4.90 Å². The third-order valence-electron chi connectivity index (χ3n) is 3.14. The van der Waals surface area contributed by atoms with Gasteiger partial charge in [0.2, 0.25) is 11.8 Å². The van der Waals surface area contributed by atoms with Crippen LogP contribution in [0.1, 0.15) is 6.42 Å². The SMILES string of the molecule is COc1ccc(N2C(=O)C[C@H](SCC(=O)O)C2=O)c(OC)c1. The van der Waals surface area contributed by atoms with E-state index in [1.54, 1.807) is 18.2 Å². The molecular formula is C14H15NO6S. The number of nitrogens with zero attached hydrogens (tertiary/aromatic N) is 1. The first-order chi connectivity index (χ1) is 10.5. The summed E-state index contributed by atoms with van der Waals surface area (Å²) in [4.78, 5) is 36.1. The van der Waals surface area contributed by atoms with Gasteiger partial charge in [-0.05, 0) is 12.1 Å². The van der Waals surface area contributed by atoms with Crippen LogP contribution >= 0.6 is 11.8 Å². The Morgan fingerprint density at radius 3 is 2.68 bits per heavy atom. The van der Waals surface area contributed by atoms with E-state index in [0.29, 0.717) is 17.2 Å². The second-order valence-electron chi connectivity index (χ2n) is 4.50. The van der Waals surface area contributed by atoms with Crippen molar-refractivity contribution in [1.29, 1.82) is 0 Å². The van der Waals surface area contributed by atoms with Crippen molar-refractivity contribution >= 4 is 35.2 Å². The third-order valence-corrected chi connectivity index (χ3v) is 4.33. The monoisotopic (exact) mass is 325 g/mol. The smallest absolute Gasteiger partial charge is 0.313 e. The Kier molecular flexibility index (Phi) is 4.92. The van der Waals surface area contributed by atoms with Crippen molar-refractivity contribution in [3.8, 4) is 11.5 Å². The van der Waals surface area contributed by atoms with E-state index in [1.807, 2.05) is 0 Å². The highest BCUT2D eigenvalue weighted by atomic mass is 32.2. The molecule has 7 nitrogen and oxygen atoms in total. The standard InChI is InChI=1S/C14H15NO6S/c1-20-8-3-4-9(10(5-8)21-2)15-12(16)6-11(14(15)19)22-7-13(17)18/h3-5,11H,6-7H2,1-2H3,(H,17,18)/t11-/m0/s1. The molecule has 1 heterocycles. The van der Waals surface area contributed by atoms with E-state index < -0.39 is 17.1 Å². The number of methoxy groups -OCH3 is 2. The maximum absolute atomic E-state index is 12.4. The molecule has 0 spiro atoms. The lowest BCUT2D eigenvalue weighted by atomic mass is 10.2. The number of imide groups is 1. The van der Waals surface area contributed by atoms with Crippen LogP contribution in [0.25, 0.3) is 0 Å². The van der Waals surface area contributed by atoms with Crippen LogP contribution < -0.4 is 14.4 Å². The molecule has 8 heteroatoms. The molecule has 1 aromatic rings. The number of rotatable bonds is 6. The van der Waals surface area contributed by atoms with Crippen LogP contribution in [-0.4, -0.2) is 48.1 Å². The molecule has 0 bridgehead atoms. The molecule has 118 valence electrons. The summed E-state index contributed by atoms with van der Waals surface area (Å²) in [6.45, 7) is 0. The molecule has 1 fully saturated rings. The van der Waals surface area contributed by atoms with Gasteiger partial charge >= 0.3 is 5.97 Å². The average molecular weight is 325 g/mol. The Morgan fingerprint density at radius 2 is 2.09 bits per heavy atom. The fraction of sp³-hybridized carbons (Fsp3) is 0.357. The molecule has 0 aliphatic carbocycles. The van der Waals surface area contributed by atoms with Gasteiger partial charge in [0, 0.05) is 12.5 Å². The van der Waals surface area contributed by atoms with Crippen molar-refractivity contribution in [2.24, 2.45) is 0 Å². The van der Waals surface area contributed by atoms with Crippen molar-refractivity contribution in [3.63, 3.8) is 0 Å². The number of carbonyl (C=O) groups excluding carboxylic acids is 2. The molecule has 2 rings (SSSR count). The van der Waals surface area contributed by atoms with Crippen molar-refractivity contribution in [3.05, 3.63) is 18.2 Å². The summed E-state index contributed by atoms with van der Waals surface area (Å²) >= 11 is 0.946. The minimum absolute atomic E-state index is 0.0219. The van der Waals surface area contributed by atoms with Crippen molar-refractivity contribution in [1.82, 2.24) is 0 Å². The zero-order valence-corrected chi connectivity index (χ0v) is 12.9. The molecule has 1 aromatic carbocycles. The van der Waals surface area contributed by atoms with Crippen molar-refractivity contribution in [2.45, 2.75) is 11.7 Å². The van der Waals surface area contributed by atoms with E-state index in [4.69, 9.17) is 14.6 Å². The lowest BCUT2D eigenvalue weighted by molar-refractivity contribution is -0.134. The molecule has 0 unspecified atom stereocenters. The lowest BCUT2D eigenvalue weighted by Crippen LogP contribution is -2.31. The normalized spacial score (nSPS) is 17.7. The highest BCUT2D eigenvalue weighted by Crippen LogP contribution is 2.37. The molecular weight excluding hydrogens is 310 g/mol. The first-order valence-corrected chi connectivity index (χ1v) is 7.45. The number of carbonyl (C=O) groups is 3. The molecule has 1 aliphatic heterocycles. The number of amides is 2. The number of hydrogen-bond donors (Lipinski definition) is 1. The van der Waals surface area contributed by atoms with Gasteiger partial charge in [-0.15, -0.1) is 11.8 Å². The van der Waals surface area contributed by atoms with Gasteiger partial charge in [-0.1, -0.05) is 0 Å². The van der Waals surface area contributed by atoms with Gasteiger partial charge in [0.15, 0.2) is 0 Å². The predicted octanol–water partition coefficient (Wildman–Crippen LogP) is 1.15. The fourth-order valence-electron chi connectivity index (χ4n) is 2.13. The molecule has 0 radical (unpaired) electrons. The van der Waals surface area contributed by atoms with Gasteiger partial charge in [0.05, 0.1) is 30.9 Å². The van der Waals surface area contributed by atoms with E-state index in [9.17, 15) is 14.4 Å². The maximum Gasteiger partial charge on any atom is 0.313 e. The maximum atomic E-state index is 12.4. The van der Waals surface area contributed by atoms with E-state index in [-0.39, 0.29) is 18.1 Å². The second-order valence-corrected chi connectivity index (χ2v) is 5.69. The van der Waals surface area contributed by atoms with E-state index in [1.165, 1.54) is 14.2 Å². The van der Waals surface area contributed by atoms with E-state index in [0.717, 1.165) is 16.7 Å². The van der Waals surface area contributed by atoms with Crippen LogP contribution in [0.4, 0.5) is 5.69 Å². The third kappa shape index (κ3) is 3.16. The van der Waals surface area contributed by atoms with Crippen LogP contribution in [0.5, 0.6) is 11.5 Å². The molecule has 1 atom stereocenters. The summed E-state index contributed by atoms with van der Waals surface area (Å²) < 4.78 is 10.3. The molecule has 22 heavy (non-hydrogen) atoms. The summed E-state index contributed by atoms with van der Waals surface area (Å²) in [7, 11) is 2.93. The molecule has 1 N–H and O–H groups in total. The lowest BCUT2D eigenvalue weighted by Gasteiger charge is -2.18. The van der Waals surface area contributed by atoms with Gasteiger partial charge in [0.25, 0.3) is 0 Å². The molecule has 1 aliphatic rings. The molecule has 1 saturated heterocycles. The number of benzene rings is 1. The summed E-state index contributed by atoms with van der Waals surface area (Å²) in [6, 6.07) is 4.77. The van der Waals surface area contributed by atoms with Gasteiger partial charge < -0.3 is 14.6 Å². The van der Waals surface area contributed by atoms with E-state index in [2.05, 4.69) is 0 Å². The Bertz CT molecular complexity index is 617. The quantitative estimate of drug-likeness (QED) is 0.784. The molecule has 0 saturated carbocycles.